The molecule has 1 unspecified atom stereocenters. The number of benzene rings is 2. The molecule has 1 heterocycles. The fraction of sp³-hybridized carbons (Fsp3) is 0.385. The van der Waals surface area contributed by atoms with Crippen LogP contribution in [0.15, 0.2) is 48.7 Å². The van der Waals surface area contributed by atoms with Crippen LogP contribution in [0.4, 0.5) is 4.79 Å². The summed E-state index contributed by atoms with van der Waals surface area (Å²) < 4.78 is 7.59. The van der Waals surface area contributed by atoms with E-state index in [1.54, 1.807) is 24.3 Å². The lowest BCUT2D eigenvalue weighted by Gasteiger charge is -2.24. The van der Waals surface area contributed by atoms with E-state index in [9.17, 15) is 9.90 Å². The number of amides is 1. The van der Waals surface area contributed by atoms with Gasteiger partial charge in [0.15, 0.2) is 0 Å². The first-order chi connectivity index (χ1) is 16.1. The van der Waals surface area contributed by atoms with E-state index < -0.39 is 17.7 Å². The maximum atomic E-state index is 12.7. The summed E-state index contributed by atoms with van der Waals surface area (Å²) in [5.41, 5.74) is 1.78. The average Bonchev–Trinajstić information content (AvgIpc) is 3.15. The molecule has 1 amide bonds. The highest BCUT2D eigenvalue weighted by Gasteiger charge is 2.25. The summed E-state index contributed by atoms with van der Waals surface area (Å²) in [5, 5.41) is 13.7. The molecule has 1 aromatic heterocycles. The van der Waals surface area contributed by atoms with Gasteiger partial charge in [0.25, 0.3) is 0 Å². The van der Waals surface area contributed by atoms with Crippen molar-refractivity contribution in [3.63, 3.8) is 0 Å². The molecule has 3 rings (SSSR count). The fourth-order valence-corrected chi connectivity index (χ4v) is 4.07. The monoisotopic (exact) mass is 503 g/mol. The molecule has 0 aliphatic carbocycles. The maximum Gasteiger partial charge on any atom is 0.408 e. The second-order valence-corrected chi connectivity index (χ2v) is 10.1. The third-order valence-electron chi connectivity index (χ3n) is 5.15. The molecule has 2 aromatic carbocycles. The minimum absolute atomic E-state index is 0.185. The lowest BCUT2D eigenvalue weighted by Crippen LogP contribution is -2.36. The Morgan fingerprint density at radius 3 is 2.50 bits per heavy atom. The highest BCUT2D eigenvalue weighted by molar-refractivity contribution is 6.36. The molecule has 0 aliphatic heterocycles. The van der Waals surface area contributed by atoms with E-state index in [0.717, 1.165) is 30.5 Å². The Kier molecular flexibility index (Phi) is 8.50. The van der Waals surface area contributed by atoms with E-state index in [1.807, 2.05) is 45.2 Å². The Morgan fingerprint density at radius 2 is 1.88 bits per heavy atom. The summed E-state index contributed by atoms with van der Waals surface area (Å²) in [4.78, 5) is 17.6. The van der Waals surface area contributed by atoms with Gasteiger partial charge < -0.3 is 19.7 Å². The van der Waals surface area contributed by atoms with Crippen LogP contribution < -0.4 is 5.32 Å². The molecular weight excluding hydrogens is 473 g/mol. The Balaban J connectivity index is 2.02. The van der Waals surface area contributed by atoms with Gasteiger partial charge in [-0.2, -0.15) is 0 Å². The predicted molar refractivity (Wildman–Crippen MR) is 137 cm³/mol. The van der Waals surface area contributed by atoms with Crippen molar-refractivity contribution < 1.29 is 14.6 Å². The summed E-state index contributed by atoms with van der Waals surface area (Å²) in [6, 6.07) is 11.8. The van der Waals surface area contributed by atoms with Crippen LogP contribution in [0.1, 0.15) is 58.0 Å². The molecular formula is C26H31Cl2N3O3. The molecule has 2 N–H and O–H groups in total. The van der Waals surface area contributed by atoms with Gasteiger partial charge in [-0.25, -0.2) is 9.78 Å². The van der Waals surface area contributed by atoms with Crippen LogP contribution in [0.5, 0.6) is 5.75 Å². The van der Waals surface area contributed by atoms with Gasteiger partial charge in [0.05, 0.1) is 16.8 Å². The number of hydrogen-bond acceptors (Lipinski definition) is 4. The van der Waals surface area contributed by atoms with Crippen molar-refractivity contribution in [2.24, 2.45) is 0 Å². The number of carbonyl (C=O) groups is 1. The molecule has 0 spiro atoms. The number of hydrogen-bond donors (Lipinski definition) is 2. The van der Waals surface area contributed by atoms with Gasteiger partial charge in [-0.05, 0) is 63.1 Å². The number of ether oxygens (including phenoxy) is 1. The summed E-state index contributed by atoms with van der Waals surface area (Å²) in [6.07, 6.45) is 3.87. The number of alkyl carbamates (subject to hydrolysis) is 1. The number of aromatic nitrogens is 2. The maximum absolute atomic E-state index is 12.7. The van der Waals surface area contributed by atoms with Crippen molar-refractivity contribution in [2.75, 3.05) is 0 Å². The molecule has 34 heavy (non-hydrogen) atoms. The molecule has 0 radical (unpaired) electrons. The molecule has 0 fully saturated rings. The first kappa shape index (κ1) is 25.9. The van der Waals surface area contributed by atoms with Crippen molar-refractivity contribution in [1.82, 2.24) is 14.9 Å². The van der Waals surface area contributed by atoms with Crippen LogP contribution in [-0.2, 0) is 17.7 Å². The Bertz CT molecular complexity index is 1120. The summed E-state index contributed by atoms with van der Waals surface area (Å²) in [7, 11) is 0. The van der Waals surface area contributed by atoms with Crippen molar-refractivity contribution >= 4 is 29.3 Å². The van der Waals surface area contributed by atoms with Crippen LogP contribution in [0, 0.1) is 0 Å². The van der Waals surface area contributed by atoms with Crippen LogP contribution in [0.2, 0.25) is 10.0 Å². The van der Waals surface area contributed by atoms with Gasteiger partial charge in [-0.15, -0.1) is 0 Å². The van der Waals surface area contributed by atoms with Crippen molar-refractivity contribution in [3.8, 4) is 17.0 Å². The smallest absolute Gasteiger partial charge is 0.408 e. The number of imidazole rings is 1. The highest BCUT2D eigenvalue weighted by Crippen LogP contribution is 2.32. The molecule has 6 nitrogen and oxygen atoms in total. The van der Waals surface area contributed by atoms with Gasteiger partial charge in [-0.1, -0.05) is 48.7 Å². The standard InChI is InChI=1S/C26H31Cl2N3O3/c1-5-6-13-31-16-23(20-12-9-18(27)15-21(20)28)29-24(31)22(30-25(33)34-26(2,3)4)14-17-7-10-19(32)11-8-17/h7-12,15-16,22,32H,5-6,13-14H2,1-4H3,(H,30,33). The fourth-order valence-electron chi connectivity index (χ4n) is 3.57. The number of halogens is 2. The van der Waals surface area contributed by atoms with Gasteiger partial charge in [0.2, 0.25) is 0 Å². The number of phenols is 1. The van der Waals surface area contributed by atoms with Gasteiger partial charge in [0.1, 0.15) is 17.2 Å². The highest BCUT2D eigenvalue weighted by atomic mass is 35.5. The summed E-state index contributed by atoms with van der Waals surface area (Å²) in [6.45, 7) is 8.34. The van der Waals surface area contributed by atoms with E-state index in [0.29, 0.717) is 28.0 Å². The van der Waals surface area contributed by atoms with Crippen molar-refractivity contribution in [2.45, 2.75) is 65.1 Å². The topological polar surface area (TPSA) is 76.4 Å². The number of aryl methyl sites for hydroxylation is 1. The van der Waals surface area contributed by atoms with Crippen LogP contribution >= 0.6 is 23.2 Å². The average molecular weight is 504 g/mol. The van der Waals surface area contributed by atoms with E-state index in [-0.39, 0.29) is 5.75 Å². The van der Waals surface area contributed by atoms with Gasteiger partial charge in [-0.3, -0.25) is 0 Å². The van der Waals surface area contributed by atoms with E-state index in [4.69, 9.17) is 32.9 Å². The van der Waals surface area contributed by atoms with Crippen molar-refractivity contribution in [1.29, 1.82) is 0 Å². The third-order valence-corrected chi connectivity index (χ3v) is 5.69. The second-order valence-electron chi connectivity index (χ2n) is 9.22. The van der Waals surface area contributed by atoms with Crippen LogP contribution in [-0.4, -0.2) is 26.4 Å². The number of phenolic OH excluding ortho intramolecular Hbond substituents is 1. The Morgan fingerprint density at radius 1 is 1.18 bits per heavy atom. The number of nitrogens with one attached hydrogen (secondary N) is 1. The first-order valence-corrected chi connectivity index (χ1v) is 12.1. The number of unbranched alkanes of at least 4 members (excludes halogenated alkanes) is 1. The summed E-state index contributed by atoms with van der Waals surface area (Å²) >= 11 is 12.5. The van der Waals surface area contributed by atoms with Crippen LogP contribution in [0.25, 0.3) is 11.3 Å². The SMILES string of the molecule is CCCCn1cc(-c2ccc(Cl)cc2Cl)nc1C(Cc1ccc(O)cc1)NC(=O)OC(C)(C)C. The molecule has 182 valence electrons. The Labute approximate surface area is 210 Å². The second kappa shape index (κ2) is 11.2. The molecule has 0 saturated carbocycles. The number of nitrogens with zero attached hydrogens (tertiary/aromatic N) is 2. The minimum Gasteiger partial charge on any atom is -0.508 e. The molecule has 1 atom stereocenters. The Hall–Kier alpha value is -2.70. The largest absolute Gasteiger partial charge is 0.508 e. The lowest BCUT2D eigenvalue weighted by molar-refractivity contribution is 0.0500. The zero-order valence-electron chi connectivity index (χ0n) is 19.9. The van der Waals surface area contributed by atoms with E-state index in [1.165, 1.54) is 0 Å². The van der Waals surface area contributed by atoms with Crippen LogP contribution in [0.3, 0.4) is 0 Å². The minimum atomic E-state index is -0.632. The molecule has 3 aromatic rings. The molecule has 0 bridgehead atoms. The van der Waals surface area contributed by atoms with Gasteiger partial charge >= 0.3 is 6.09 Å². The quantitative estimate of drug-likeness (QED) is 0.341. The lowest BCUT2D eigenvalue weighted by atomic mass is 10.0. The summed E-state index contributed by atoms with van der Waals surface area (Å²) in [5.74, 6) is 0.887. The predicted octanol–water partition coefficient (Wildman–Crippen LogP) is 7.17. The molecule has 0 saturated heterocycles. The van der Waals surface area contributed by atoms with E-state index in [2.05, 4.69) is 16.8 Å². The first-order valence-electron chi connectivity index (χ1n) is 11.4. The zero-order chi connectivity index (χ0) is 24.9. The third kappa shape index (κ3) is 7.15. The number of carbonyl (C=O) groups excluding carboxylic acids is 1. The number of aromatic hydroxyl groups is 1. The number of rotatable bonds is 8. The van der Waals surface area contributed by atoms with Gasteiger partial charge in [0, 0.05) is 29.7 Å². The zero-order valence-corrected chi connectivity index (χ0v) is 21.5. The molecule has 0 aliphatic rings. The van der Waals surface area contributed by atoms with E-state index >= 15 is 0 Å². The van der Waals surface area contributed by atoms with Crippen molar-refractivity contribution in [3.05, 3.63) is 70.1 Å². The normalized spacial score (nSPS) is 12.4. The molecule has 8 heteroatoms.